The Hall–Kier alpha value is -4.04. The van der Waals surface area contributed by atoms with Crippen molar-refractivity contribution < 1.29 is 19.4 Å². The molecule has 0 spiro atoms. The number of ether oxygens (including phenoxy) is 2. The number of azide groups is 1. The van der Waals surface area contributed by atoms with E-state index < -0.39 is 5.54 Å². The summed E-state index contributed by atoms with van der Waals surface area (Å²) in [6, 6.07) is 22.1. The molecule has 196 valence electrons. The van der Waals surface area contributed by atoms with Crippen LogP contribution in [0.1, 0.15) is 28.7 Å². The summed E-state index contributed by atoms with van der Waals surface area (Å²) in [6.45, 7) is 0.929. The number of aliphatic imine (C=N–C) groups is 1. The molecule has 3 aromatic rings. The van der Waals surface area contributed by atoms with E-state index >= 15 is 0 Å². The van der Waals surface area contributed by atoms with Crippen LogP contribution in [-0.2, 0) is 29.0 Å². The third-order valence-electron chi connectivity index (χ3n) is 6.16. The van der Waals surface area contributed by atoms with Crippen LogP contribution in [0.25, 0.3) is 10.4 Å². The molecule has 9 nitrogen and oxygen atoms in total. The number of amides is 1. The van der Waals surface area contributed by atoms with Crippen molar-refractivity contribution in [1.29, 1.82) is 0 Å². The van der Waals surface area contributed by atoms with Gasteiger partial charge in [0.25, 0.3) is 5.91 Å². The summed E-state index contributed by atoms with van der Waals surface area (Å²) < 4.78 is 11.6. The van der Waals surface area contributed by atoms with Gasteiger partial charge in [0.05, 0.1) is 13.2 Å². The van der Waals surface area contributed by atoms with Gasteiger partial charge in [0, 0.05) is 41.5 Å². The first kappa shape index (κ1) is 27.0. The first-order chi connectivity index (χ1) is 18.5. The highest BCUT2D eigenvalue weighted by atomic mass is 35.5. The van der Waals surface area contributed by atoms with E-state index in [9.17, 15) is 4.79 Å². The predicted molar refractivity (Wildman–Crippen MR) is 145 cm³/mol. The highest BCUT2D eigenvalue weighted by Gasteiger charge is 2.44. The van der Waals surface area contributed by atoms with Gasteiger partial charge < -0.3 is 19.9 Å². The van der Waals surface area contributed by atoms with Gasteiger partial charge in [-0.1, -0.05) is 59.2 Å². The van der Waals surface area contributed by atoms with E-state index in [0.717, 1.165) is 16.7 Å². The molecule has 1 heterocycles. The van der Waals surface area contributed by atoms with E-state index in [0.29, 0.717) is 35.3 Å². The lowest BCUT2D eigenvalue weighted by Gasteiger charge is -2.24. The predicted octanol–water partition coefficient (Wildman–Crippen LogP) is 4.99. The van der Waals surface area contributed by atoms with Crippen LogP contribution in [-0.4, -0.2) is 42.3 Å². The molecule has 1 aliphatic rings. The maximum atomic E-state index is 13.7. The Labute approximate surface area is 225 Å². The molecule has 0 aromatic heterocycles. The van der Waals surface area contributed by atoms with E-state index in [2.05, 4.69) is 15.3 Å². The summed E-state index contributed by atoms with van der Waals surface area (Å²) in [5.41, 5.74) is 10.7. The van der Waals surface area contributed by atoms with Crippen molar-refractivity contribution >= 4 is 23.4 Å². The number of halogens is 1. The van der Waals surface area contributed by atoms with Crippen molar-refractivity contribution in [2.75, 3.05) is 19.8 Å². The van der Waals surface area contributed by atoms with E-state index in [1.807, 2.05) is 54.6 Å². The van der Waals surface area contributed by atoms with Crippen LogP contribution >= 0.6 is 11.6 Å². The number of hydrogen-bond donors (Lipinski definition) is 2. The van der Waals surface area contributed by atoms with Crippen molar-refractivity contribution in [1.82, 2.24) is 5.32 Å². The normalized spacial score (nSPS) is 16.2. The van der Waals surface area contributed by atoms with E-state index in [1.165, 1.54) is 0 Å². The van der Waals surface area contributed by atoms with Gasteiger partial charge >= 0.3 is 0 Å². The fraction of sp³-hybridized carbons (Fsp3) is 0.286. The van der Waals surface area contributed by atoms with Gasteiger partial charge in [0.15, 0.2) is 5.54 Å². The van der Waals surface area contributed by atoms with Gasteiger partial charge in [-0.3, -0.25) is 4.79 Å². The van der Waals surface area contributed by atoms with Crippen LogP contribution < -0.4 is 10.1 Å². The second-order valence-electron chi connectivity index (χ2n) is 8.80. The number of hydrogen-bond acceptors (Lipinski definition) is 6. The SMILES string of the molecule is [N-]=[N+]=NCc1ccccc1C[C@]1(C(=O)NCc2ccccc2Cl)COC(c2ccc(OCCCO)cc2)=N1. The third kappa shape index (κ3) is 6.63. The molecule has 4 rings (SSSR count). The Kier molecular flexibility index (Phi) is 9.21. The number of nitrogens with zero attached hydrogens (tertiary/aromatic N) is 4. The number of carbonyl (C=O) groups excluding carboxylic acids is 1. The van der Waals surface area contributed by atoms with E-state index in [-0.39, 0.29) is 38.6 Å². The fourth-order valence-corrected chi connectivity index (χ4v) is 4.32. The maximum absolute atomic E-state index is 13.7. The number of rotatable bonds is 12. The minimum atomic E-state index is -1.24. The number of benzene rings is 3. The van der Waals surface area contributed by atoms with E-state index in [4.69, 9.17) is 36.7 Å². The Balaban J connectivity index is 1.61. The summed E-state index contributed by atoms with van der Waals surface area (Å²) in [7, 11) is 0. The first-order valence-electron chi connectivity index (χ1n) is 12.2. The number of nitrogens with one attached hydrogen (secondary N) is 1. The van der Waals surface area contributed by atoms with Crippen molar-refractivity contribution in [2.45, 2.75) is 31.5 Å². The van der Waals surface area contributed by atoms with Crippen molar-refractivity contribution in [2.24, 2.45) is 10.1 Å². The summed E-state index contributed by atoms with van der Waals surface area (Å²) >= 11 is 6.29. The molecule has 1 amide bonds. The summed E-state index contributed by atoms with van der Waals surface area (Å²) in [4.78, 5) is 21.4. The average molecular weight is 534 g/mol. The Morgan fingerprint density at radius 1 is 1.11 bits per heavy atom. The minimum Gasteiger partial charge on any atom is -0.494 e. The van der Waals surface area contributed by atoms with Crippen LogP contribution in [0.4, 0.5) is 0 Å². The zero-order chi connectivity index (χ0) is 26.8. The highest BCUT2D eigenvalue weighted by Crippen LogP contribution is 2.29. The molecule has 2 N–H and O–H groups in total. The van der Waals surface area contributed by atoms with Crippen molar-refractivity contribution in [3.8, 4) is 5.75 Å². The van der Waals surface area contributed by atoms with Crippen LogP contribution in [0, 0.1) is 0 Å². The molecular weight excluding hydrogens is 506 g/mol. The molecule has 0 unspecified atom stereocenters. The largest absolute Gasteiger partial charge is 0.494 e. The van der Waals surface area contributed by atoms with Crippen LogP contribution in [0.15, 0.2) is 82.9 Å². The molecule has 0 saturated carbocycles. The van der Waals surface area contributed by atoms with Crippen LogP contribution in [0.3, 0.4) is 0 Å². The third-order valence-corrected chi connectivity index (χ3v) is 6.53. The standard InChI is InChI=1S/C28H28ClN5O4/c29-25-9-4-3-8-23(25)17-31-27(36)28(16-21-6-1-2-7-22(21)18-32-34-30)19-38-26(33-28)20-10-12-24(13-11-20)37-15-5-14-35/h1-4,6-13,35H,5,14-19H2,(H,31,36)/t28-/m1/s1. The monoisotopic (exact) mass is 533 g/mol. The van der Waals surface area contributed by atoms with Crippen molar-refractivity contribution in [3.05, 3.63) is 111 Å². The molecule has 10 heteroatoms. The van der Waals surface area contributed by atoms with Crippen molar-refractivity contribution in [3.63, 3.8) is 0 Å². The Bertz CT molecular complexity index is 1340. The lowest BCUT2D eigenvalue weighted by atomic mass is 9.89. The molecule has 0 saturated heterocycles. The van der Waals surface area contributed by atoms with Gasteiger partial charge in [-0.25, -0.2) is 4.99 Å². The van der Waals surface area contributed by atoms with Gasteiger partial charge in [-0.15, -0.1) is 0 Å². The molecule has 1 aliphatic heterocycles. The quantitative estimate of drug-likeness (QED) is 0.147. The molecule has 0 radical (unpaired) electrons. The zero-order valence-electron chi connectivity index (χ0n) is 20.7. The second-order valence-corrected chi connectivity index (χ2v) is 9.20. The topological polar surface area (TPSA) is 129 Å². The maximum Gasteiger partial charge on any atom is 0.252 e. The molecule has 38 heavy (non-hydrogen) atoms. The molecule has 0 fully saturated rings. The highest BCUT2D eigenvalue weighted by molar-refractivity contribution is 6.31. The fourth-order valence-electron chi connectivity index (χ4n) is 4.12. The zero-order valence-corrected chi connectivity index (χ0v) is 21.5. The lowest BCUT2D eigenvalue weighted by molar-refractivity contribution is -0.126. The van der Waals surface area contributed by atoms with E-state index in [1.54, 1.807) is 18.2 Å². The van der Waals surface area contributed by atoms with Crippen LogP contribution in [0.2, 0.25) is 5.02 Å². The number of aliphatic hydroxyl groups is 1. The summed E-state index contributed by atoms with van der Waals surface area (Å²) in [5, 5.41) is 16.2. The smallest absolute Gasteiger partial charge is 0.252 e. The Morgan fingerprint density at radius 2 is 1.82 bits per heavy atom. The molecular formula is C28H28ClN5O4. The van der Waals surface area contributed by atoms with Gasteiger partial charge in [0.1, 0.15) is 12.4 Å². The first-order valence-corrected chi connectivity index (χ1v) is 12.6. The second kappa shape index (κ2) is 13.0. The number of aliphatic hydroxyl groups excluding tert-OH is 1. The summed E-state index contributed by atoms with van der Waals surface area (Å²) in [6.07, 6.45) is 0.800. The molecule has 1 atom stereocenters. The molecule has 0 aliphatic carbocycles. The van der Waals surface area contributed by atoms with Gasteiger partial charge in [0.2, 0.25) is 5.90 Å². The molecule has 0 bridgehead atoms. The number of carbonyl (C=O) groups is 1. The van der Waals surface area contributed by atoms with Gasteiger partial charge in [-0.05, 0) is 52.6 Å². The van der Waals surface area contributed by atoms with Crippen LogP contribution in [0.5, 0.6) is 5.75 Å². The molecule has 3 aromatic carbocycles. The lowest BCUT2D eigenvalue weighted by Crippen LogP contribution is -2.48. The Morgan fingerprint density at radius 3 is 2.53 bits per heavy atom. The average Bonchev–Trinajstić information content (AvgIpc) is 3.38. The summed E-state index contributed by atoms with van der Waals surface area (Å²) in [5.74, 6) is 0.721. The van der Waals surface area contributed by atoms with Gasteiger partial charge in [-0.2, -0.15) is 0 Å². The minimum absolute atomic E-state index is 0.0429.